The normalized spacial score (nSPS) is 20.8. The number of benzene rings is 1. The monoisotopic (exact) mass is 387 g/mol. The van der Waals surface area contributed by atoms with Gasteiger partial charge in [0.05, 0.1) is 11.3 Å². The van der Waals surface area contributed by atoms with E-state index in [1.54, 1.807) is 29.2 Å². The molecule has 3 amide bonds. The number of carboxylic acid groups (broad SMARTS) is 1. The van der Waals surface area contributed by atoms with Crippen LogP contribution in [0.15, 0.2) is 24.3 Å². The Labute approximate surface area is 163 Å². The highest BCUT2D eigenvalue weighted by Gasteiger charge is 2.53. The van der Waals surface area contributed by atoms with Gasteiger partial charge in [-0.25, -0.2) is 0 Å². The molecule has 3 rings (SSSR count). The van der Waals surface area contributed by atoms with Crippen molar-refractivity contribution in [3.05, 3.63) is 29.8 Å². The molecule has 1 aromatic carbocycles. The molecule has 0 bridgehead atoms. The smallest absolute Gasteiger partial charge is 0.303 e. The molecule has 0 spiro atoms. The van der Waals surface area contributed by atoms with E-state index in [0.29, 0.717) is 49.9 Å². The quantitative estimate of drug-likeness (QED) is 0.661. The lowest BCUT2D eigenvalue weighted by Gasteiger charge is -2.48. The third-order valence-electron chi connectivity index (χ3n) is 5.44. The Morgan fingerprint density at radius 2 is 1.93 bits per heavy atom. The van der Waals surface area contributed by atoms with Gasteiger partial charge in [-0.2, -0.15) is 0 Å². The second kappa shape index (κ2) is 8.00. The molecule has 150 valence electrons. The fourth-order valence-corrected chi connectivity index (χ4v) is 3.95. The standard InChI is InChI=1S/C20H25N3O5/c1-20-11-10-17(25)23(20)15-8-5-4-7-14(15)19(28)22(20)13-16(24)21-12-6-2-3-9-18(26)27/h4-5,7-8H,2-3,6,9-13H2,1H3,(H,21,24)(H,26,27). The SMILES string of the molecule is CC12CCC(=O)N1c1ccccc1C(=O)N2CC(=O)NCCCCCC(=O)O. The number of unbranched alkanes of at least 4 members (excludes halogenated alkanes) is 2. The van der Waals surface area contributed by atoms with Crippen LogP contribution in [-0.4, -0.2) is 52.4 Å². The molecule has 28 heavy (non-hydrogen) atoms. The molecule has 1 saturated heterocycles. The fraction of sp³-hybridized carbons (Fsp3) is 0.500. The summed E-state index contributed by atoms with van der Waals surface area (Å²) in [6.07, 6.45) is 2.90. The summed E-state index contributed by atoms with van der Waals surface area (Å²) in [6, 6.07) is 6.99. The van der Waals surface area contributed by atoms with Crippen molar-refractivity contribution in [2.24, 2.45) is 0 Å². The van der Waals surface area contributed by atoms with Gasteiger partial charge in [-0.3, -0.25) is 24.1 Å². The lowest BCUT2D eigenvalue weighted by molar-refractivity contribution is -0.137. The first-order chi connectivity index (χ1) is 13.3. The molecule has 2 aliphatic rings. The van der Waals surface area contributed by atoms with E-state index >= 15 is 0 Å². The number of nitrogens with zero attached hydrogens (tertiary/aromatic N) is 2. The van der Waals surface area contributed by atoms with E-state index in [-0.39, 0.29) is 30.7 Å². The zero-order valence-electron chi connectivity index (χ0n) is 15.9. The van der Waals surface area contributed by atoms with E-state index < -0.39 is 11.6 Å². The van der Waals surface area contributed by atoms with Crippen molar-refractivity contribution in [3.8, 4) is 0 Å². The zero-order valence-corrected chi connectivity index (χ0v) is 15.9. The number of fused-ring (bicyclic) bond motifs is 3. The Balaban J connectivity index is 1.65. The maximum absolute atomic E-state index is 13.0. The third-order valence-corrected chi connectivity index (χ3v) is 5.44. The van der Waals surface area contributed by atoms with E-state index in [9.17, 15) is 19.2 Å². The van der Waals surface area contributed by atoms with Crippen LogP contribution >= 0.6 is 0 Å². The summed E-state index contributed by atoms with van der Waals surface area (Å²) < 4.78 is 0. The van der Waals surface area contributed by atoms with Crippen LogP contribution < -0.4 is 10.2 Å². The number of anilines is 1. The number of aliphatic carboxylic acids is 1. The van der Waals surface area contributed by atoms with Crippen molar-refractivity contribution in [3.63, 3.8) is 0 Å². The second-order valence-electron chi connectivity index (χ2n) is 7.41. The van der Waals surface area contributed by atoms with Crippen LogP contribution in [0.4, 0.5) is 5.69 Å². The summed E-state index contributed by atoms with van der Waals surface area (Å²) in [5.41, 5.74) is 0.186. The van der Waals surface area contributed by atoms with Gasteiger partial charge in [-0.05, 0) is 38.3 Å². The highest BCUT2D eigenvalue weighted by atomic mass is 16.4. The van der Waals surface area contributed by atoms with Gasteiger partial charge in [0, 0.05) is 19.4 Å². The topological polar surface area (TPSA) is 107 Å². The van der Waals surface area contributed by atoms with E-state index in [1.165, 1.54) is 4.90 Å². The highest BCUT2D eigenvalue weighted by Crippen LogP contribution is 2.43. The van der Waals surface area contributed by atoms with Gasteiger partial charge in [-0.15, -0.1) is 0 Å². The van der Waals surface area contributed by atoms with Crippen LogP contribution in [0.5, 0.6) is 0 Å². The minimum atomic E-state index is -0.846. The van der Waals surface area contributed by atoms with Crippen LogP contribution in [0, 0.1) is 0 Å². The van der Waals surface area contributed by atoms with Crippen LogP contribution in [0.25, 0.3) is 0 Å². The summed E-state index contributed by atoms with van der Waals surface area (Å²) in [7, 11) is 0. The first kappa shape index (κ1) is 19.9. The number of para-hydroxylation sites is 1. The molecule has 0 aromatic heterocycles. The molecular formula is C20H25N3O5. The molecular weight excluding hydrogens is 362 g/mol. The molecule has 2 N–H and O–H groups in total. The Bertz CT molecular complexity index is 809. The van der Waals surface area contributed by atoms with Gasteiger partial charge < -0.3 is 15.3 Å². The van der Waals surface area contributed by atoms with Gasteiger partial charge >= 0.3 is 5.97 Å². The summed E-state index contributed by atoms with van der Waals surface area (Å²) in [5, 5.41) is 11.4. The largest absolute Gasteiger partial charge is 0.481 e. The van der Waals surface area contributed by atoms with Gasteiger partial charge in [-0.1, -0.05) is 18.6 Å². The van der Waals surface area contributed by atoms with Crippen LogP contribution in [0.2, 0.25) is 0 Å². The maximum Gasteiger partial charge on any atom is 0.303 e. The third kappa shape index (κ3) is 3.72. The fourth-order valence-electron chi connectivity index (χ4n) is 3.95. The number of carbonyl (C=O) groups excluding carboxylic acids is 3. The average molecular weight is 387 g/mol. The number of rotatable bonds is 8. The number of carbonyl (C=O) groups is 4. The number of carboxylic acids is 1. The van der Waals surface area contributed by atoms with E-state index in [0.717, 1.165) is 0 Å². The zero-order chi connectivity index (χ0) is 20.3. The van der Waals surface area contributed by atoms with Crippen molar-refractivity contribution in [1.29, 1.82) is 0 Å². The minimum Gasteiger partial charge on any atom is -0.481 e. The molecule has 8 nitrogen and oxygen atoms in total. The van der Waals surface area contributed by atoms with Crippen molar-refractivity contribution in [2.75, 3.05) is 18.0 Å². The first-order valence-electron chi connectivity index (χ1n) is 9.57. The van der Waals surface area contributed by atoms with Gasteiger partial charge in [0.2, 0.25) is 11.8 Å². The molecule has 2 aliphatic heterocycles. The molecule has 0 saturated carbocycles. The van der Waals surface area contributed by atoms with Crippen LogP contribution in [-0.2, 0) is 14.4 Å². The number of nitrogens with one attached hydrogen (secondary N) is 1. The van der Waals surface area contributed by atoms with Crippen molar-refractivity contribution < 1.29 is 24.3 Å². The van der Waals surface area contributed by atoms with Crippen molar-refractivity contribution in [1.82, 2.24) is 10.2 Å². The van der Waals surface area contributed by atoms with Crippen LogP contribution in [0.3, 0.4) is 0 Å². The first-order valence-corrected chi connectivity index (χ1v) is 9.57. The molecule has 1 unspecified atom stereocenters. The molecule has 1 atom stereocenters. The summed E-state index contributed by atoms with van der Waals surface area (Å²) in [4.78, 5) is 51.6. The Hall–Kier alpha value is -2.90. The Kier molecular flexibility index (Phi) is 5.67. The van der Waals surface area contributed by atoms with Gasteiger partial charge in [0.25, 0.3) is 5.91 Å². The van der Waals surface area contributed by atoms with E-state index in [4.69, 9.17) is 5.11 Å². The second-order valence-corrected chi connectivity index (χ2v) is 7.41. The highest BCUT2D eigenvalue weighted by molar-refractivity contribution is 6.11. The average Bonchev–Trinajstić information content (AvgIpc) is 2.97. The van der Waals surface area contributed by atoms with E-state index in [1.807, 2.05) is 6.92 Å². The number of amides is 3. The summed E-state index contributed by atoms with van der Waals surface area (Å²) >= 11 is 0. The van der Waals surface area contributed by atoms with Crippen LogP contribution in [0.1, 0.15) is 55.8 Å². The molecule has 1 aromatic rings. The lowest BCUT2D eigenvalue weighted by atomic mass is 9.98. The van der Waals surface area contributed by atoms with Gasteiger partial charge in [0.15, 0.2) is 0 Å². The summed E-state index contributed by atoms with van der Waals surface area (Å²) in [6.45, 7) is 2.13. The molecule has 0 aliphatic carbocycles. The summed E-state index contributed by atoms with van der Waals surface area (Å²) in [5.74, 6) is -1.41. The molecule has 2 heterocycles. The van der Waals surface area contributed by atoms with Gasteiger partial charge in [0.1, 0.15) is 12.2 Å². The predicted octanol–water partition coefficient (Wildman–Crippen LogP) is 1.75. The lowest BCUT2D eigenvalue weighted by Crippen LogP contribution is -2.63. The van der Waals surface area contributed by atoms with E-state index in [2.05, 4.69) is 5.32 Å². The number of hydrogen-bond acceptors (Lipinski definition) is 4. The Morgan fingerprint density at radius 3 is 2.68 bits per heavy atom. The molecule has 8 heteroatoms. The number of hydrogen-bond donors (Lipinski definition) is 2. The van der Waals surface area contributed by atoms with Crippen molar-refractivity contribution in [2.45, 2.75) is 51.1 Å². The molecule has 1 fully saturated rings. The predicted molar refractivity (Wildman–Crippen MR) is 102 cm³/mol. The van der Waals surface area contributed by atoms with Crippen molar-refractivity contribution >= 4 is 29.4 Å². The molecule has 0 radical (unpaired) electrons. The minimum absolute atomic E-state index is 0.0497. The maximum atomic E-state index is 13.0. The Morgan fingerprint density at radius 1 is 1.18 bits per heavy atom.